The highest BCUT2D eigenvalue weighted by Gasteiger charge is 2.01. The van der Waals surface area contributed by atoms with Crippen LogP contribution >= 0.6 is 0 Å². The van der Waals surface area contributed by atoms with Crippen molar-refractivity contribution in [1.82, 2.24) is 9.97 Å². The highest BCUT2D eigenvalue weighted by atomic mass is 16.5. The monoisotopic (exact) mass is 294 g/mol. The van der Waals surface area contributed by atoms with E-state index in [0.717, 1.165) is 18.8 Å². The molecule has 0 aliphatic carbocycles. The first-order valence-electron chi connectivity index (χ1n) is 8.18. The number of methoxy groups -OCH3 is 1. The average Bonchev–Trinajstić information content (AvgIpc) is 2.48. The average molecular weight is 294 g/mol. The van der Waals surface area contributed by atoms with Crippen LogP contribution in [0, 0.1) is 0 Å². The zero-order valence-electron chi connectivity index (χ0n) is 13.5. The van der Waals surface area contributed by atoms with Crippen LogP contribution in [-0.4, -0.2) is 23.6 Å². The van der Waals surface area contributed by atoms with E-state index < -0.39 is 0 Å². The molecule has 0 saturated carbocycles. The Morgan fingerprint density at radius 3 is 2.24 bits per heavy atom. The van der Waals surface area contributed by atoms with E-state index in [1.165, 1.54) is 51.4 Å². The van der Waals surface area contributed by atoms with Gasteiger partial charge in [0.05, 0.1) is 7.11 Å². The molecule has 1 rings (SSSR count). The van der Waals surface area contributed by atoms with E-state index in [4.69, 9.17) is 10.5 Å². The Balaban J connectivity index is 2.03. The van der Waals surface area contributed by atoms with Crippen molar-refractivity contribution >= 4 is 11.8 Å². The van der Waals surface area contributed by atoms with Crippen LogP contribution in [0.15, 0.2) is 6.07 Å². The maximum Gasteiger partial charge on any atom is 0.225 e. The van der Waals surface area contributed by atoms with Gasteiger partial charge in [0.25, 0.3) is 0 Å². The fourth-order valence-corrected chi connectivity index (χ4v) is 2.29. The molecule has 1 heterocycles. The van der Waals surface area contributed by atoms with E-state index in [1.807, 2.05) is 0 Å². The summed E-state index contributed by atoms with van der Waals surface area (Å²) in [5.74, 6) is 1.47. The first kappa shape index (κ1) is 17.5. The predicted octanol–water partition coefficient (Wildman–Crippen LogP) is 4.01. The van der Waals surface area contributed by atoms with E-state index in [0.29, 0.717) is 5.88 Å². The number of hydrogen-bond acceptors (Lipinski definition) is 5. The summed E-state index contributed by atoms with van der Waals surface area (Å²) < 4.78 is 5.06. The van der Waals surface area contributed by atoms with Crippen LogP contribution < -0.4 is 15.8 Å². The van der Waals surface area contributed by atoms with E-state index in [1.54, 1.807) is 13.2 Å². The number of anilines is 2. The number of nitrogens with one attached hydrogen (secondary N) is 1. The Kier molecular flexibility index (Phi) is 9.33. The van der Waals surface area contributed by atoms with Crippen LogP contribution in [0.5, 0.6) is 5.88 Å². The van der Waals surface area contributed by atoms with Crippen molar-refractivity contribution in [2.24, 2.45) is 0 Å². The Bertz CT molecular complexity index is 385. The SMILES string of the molecule is CCCCCCCCCCCNc1cc(OC)nc(N)n1. The number of nitrogens with zero attached hydrogens (tertiary/aromatic N) is 2. The minimum atomic E-state index is 0.240. The number of aromatic nitrogens is 2. The standard InChI is InChI=1S/C16H30N4O/c1-3-4-5-6-7-8-9-10-11-12-18-14-13-15(21-2)20-16(17)19-14/h13H,3-12H2,1-2H3,(H3,17,18,19,20). The fourth-order valence-electron chi connectivity index (χ4n) is 2.29. The van der Waals surface area contributed by atoms with Gasteiger partial charge in [-0.1, -0.05) is 58.3 Å². The molecule has 0 radical (unpaired) electrons. The highest BCUT2D eigenvalue weighted by Crippen LogP contribution is 2.14. The maximum absolute atomic E-state index is 5.61. The quantitative estimate of drug-likeness (QED) is 0.570. The fraction of sp³-hybridized carbons (Fsp3) is 0.750. The minimum absolute atomic E-state index is 0.240. The second-order valence-corrected chi connectivity index (χ2v) is 5.41. The number of hydrogen-bond donors (Lipinski definition) is 2. The Labute approximate surface area is 128 Å². The van der Waals surface area contributed by atoms with Gasteiger partial charge in [-0.15, -0.1) is 0 Å². The van der Waals surface area contributed by atoms with Gasteiger partial charge < -0.3 is 15.8 Å². The van der Waals surface area contributed by atoms with Crippen molar-refractivity contribution in [3.63, 3.8) is 0 Å². The molecule has 0 aromatic carbocycles. The van der Waals surface area contributed by atoms with E-state index in [-0.39, 0.29) is 5.95 Å². The molecule has 0 unspecified atom stereocenters. The van der Waals surface area contributed by atoms with Gasteiger partial charge in [0, 0.05) is 12.6 Å². The van der Waals surface area contributed by atoms with Gasteiger partial charge in [0.1, 0.15) is 5.82 Å². The summed E-state index contributed by atoms with van der Waals surface area (Å²) in [5, 5.41) is 3.27. The molecule has 0 saturated heterocycles. The molecule has 0 fully saturated rings. The lowest BCUT2D eigenvalue weighted by Crippen LogP contribution is -2.06. The van der Waals surface area contributed by atoms with Gasteiger partial charge in [-0.25, -0.2) is 0 Å². The van der Waals surface area contributed by atoms with Gasteiger partial charge in [0.2, 0.25) is 11.8 Å². The molecule has 0 spiro atoms. The number of nitrogens with two attached hydrogens (primary N) is 1. The molecule has 1 aromatic rings. The molecule has 5 heteroatoms. The molecule has 21 heavy (non-hydrogen) atoms. The van der Waals surface area contributed by atoms with Gasteiger partial charge in [-0.2, -0.15) is 9.97 Å². The van der Waals surface area contributed by atoms with E-state index >= 15 is 0 Å². The Hall–Kier alpha value is -1.52. The normalized spacial score (nSPS) is 10.6. The molecule has 0 bridgehead atoms. The van der Waals surface area contributed by atoms with Crippen molar-refractivity contribution in [3.8, 4) is 5.88 Å². The molecule has 0 aliphatic rings. The third-order valence-corrected chi connectivity index (χ3v) is 3.52. The van der Waals surface area contributed by atoms with Crippen molar-refractivity contribution in [2.45, 2.75) is 64.7 Å². The summed E-state index contributed by atoms with van der Waals surface area (Å²) in [5.41, 5.74) is 5.61. The summed E-state index contributed by atoms with van der Waals surface area (Å²) in [6, 6.07) is 1.77. The number of unbranched alkanes of at least 4 members (excludes halogenated alkanes) is 8. The van der Waals surface area contributed by atoms with Crippen LogP contribution in [-0.2, 0) is 0 Å². The molecular formula is C16H30N4O. The maximum atomic E-state index is 5.61. The molecule has 3 N–H and O–H groups in total. The zero-order chi connectivity index (χ0) is 15.3. The second kappa shape index (κ2) is 11.2. The number of ether oxygens (including phenoxy) is 1. The van der Waals surface area contributed by atoms with E-state index in [9.17, 15) is 0 Å². The van der Waals surface area contributed by atoms with Crippen molar-refractivity contribution in [3.05, 3.63) is 6.07 Å². The number of nitrogen functional groups attached to an aromatic ring is 1. The molecular weight excluding hydrogens is 264 g/mol. The summed E-state index contributed by atoms with van der Waals surface area (Å²) in [6.07, 6.45) is 12.0. The molecule has 0 amide bonds. The molecule has 120 valence electrons. The van der Waals surface area contributed by atoms with Crippen molar-refractivity contribution < 1.29 is 4.74 Å². The van der Waals surface area contributed by atoms with Crippen LogP contribution in [0.2, 0.25) is 0 Å². The van der Waals surface area contributed by atoms with Crippen LogP contribution in [0.1, 0.15) is 64.7 Å². The first-order valence-corrected chi connectivity index (χ1v) is 8.18. The van der Waals surface area contributed by atoms with Gasteiger partial charge in [-0.05, 0) is 6.42 Å². The zero-order valence-corrected chi connectivity index (χ0v) is 13.5. The van der Waals surface area contributed by atoms with Crippen molar-refractivity contribution in [1.29, 1.82) is 0 Å². The Morgan fingerprint density at radius 2 is 1.62 bits per heavy atom. The summed E-state index contributed by atoms with van der Waals surface area (Å²) in [4.78, 5) is 8.09. The lowest BCUT2D eigenvalue weighted by Gasteiger charge is -2.07. The predicted molar refractivity (Wildman–Crippen MR) is 88.7 cm³/mol. The lowest BCUT2D eigenvalue weighted by atomic mass is 10.1. The molecule has 0 aliphatic heterocycles. The smallest absolute Gasteiger partial charge is 0.225 e. The van der Waals surface area contributed by atoms with Crippen LogP contribution in [0.4, 0.5) is 11.8 Å². The van der Waals surface area contributed by atoms with Crippen LogP contribution in [0.3, 0.4) is 0 Å². The van der Waals surface area contributed by atoms with E-state index in [2.05, 4.69) is 22.2 Å². The van der Waals surface area contributed by atoms with Crippen molar-refractivity contribution in [2.75, 3.05) is 24.7 Å². The summed E-state index contributed by atoms with van der Waals surface area (Å²) >= 11 is 0. The first-order chi connectivity index (χ1) is 10.3. The topological polar surface area (TPSA) is 73.1 Å². The molecule has 1 aromatic heterocycles. The van der Waals surface area contributed by atoms with Gasteiger partial charge >= 0.3 is 0 Å². The third kappa shape index (κ3) is 8.38. The Morgan fingerprint density at radius 1 is 1.00 bits per heavy atom. The summed E-state index contributed by atoms with van der Waals surface area (Å²) in [7, 11) is 1.58. The minimum Gasteiger partial charge on any atom is -0.481 e. The second-order valence-electron chi connectivity index (χ2n) is 5.41. The summed E-state index contributed by atoms with van der Waals surface area (Å²) in [6.45, 7) is 3.17. The van der Waals surface area contributed by atoms with Gasteiger partial charge in [0.15, 0.2) is 0 Å². The third-order valence-electron chi connectivity index (χ3n) is 3.52. The highest BCUT2D eigenvalue weighted by molar-refractivity contribution is 5.42. The largest absolute Gasteiger partial charge is 0.481 e. The number of rotatable bonds is 12. The lowest BCUT2D eigenvalue weighted by molar-refractivity contribution is 0.398. The molecule has 0 atom stereocenters. The molecule has 5 nitrogen and oxygen atoms in total. The van der Waals surface area contributed by atoms with Gasteiger partial charge in [-0.3, -0.25) is 0 Å². The van der Waals surface area contributed by atoms with Crippen LogP contribution in [0.25, 0.3) is 0 Å².